The van der Waals surface area contributed by atoms with Crippen LogP contribution in [0, 0.1) is 0 Å². The minimum Gasteiger partial charge on any atom is -0.374 e. The second kappa shape index (κ2) is 9.60. The molecule has 0 bridgehead atoms. The number of rotatable bonds is 0. The molecular weight excluding hydrogens is 395 g/mol. The van der Waals surface area contributed by atoms with Gasteiger partial charge >= 0.3 is 0 Å². The molecule has 2 nitrogen and oxygen atoms in total. The summed E-state index contributed by atoms with van der Waals surface area (Å²) in [5, 5.41) is 0. The van der Waals surface area contributed by atoms with Crippen LogP contribution in [-0.4, -0.2) is 41.4 Å². The van der Waals surface area contributed by atoms with Gasteiger partial charge in [-0.25, -0.2) is 0 Å². The first-order chi connectivity index (χ1) is 14.3. The number of ether oxygens (including phenoxy) is 2. The summed E-state index contributed by atoms with van der Waals surface area (Å²) in [7, 11) is 0. The molecule has 3 saturated carbocycles. The van der Waals surface area contributed by atoms with E-state index in [-0.39, 0.29) is 0 Å². The molecule has 5 fully saturated rings. The lowest BCUT2D eigenvalue weighted by molar-refractivity contribution is -0.0998. The third-order valence-electron chi connectivity index (χ3n) is 9.03. The molecule has 0 aromatic rings. The highest BCUT2D eigenvalue weighted by Gasteiger charge is 2.59. The summed E-state index contributed by atoms with van der Waals surface area (Å²) in [6.07, 6.45) is 26.2. The second-order valence-electron chi connectivity index (χ2n) is 10.8. The summed E-state index contributed by atoms with van der Waals surface area (Å²) >= 11 is 7.09. The van der Waals surface area contributed by atoms with Gasteiger partial charge in [0.1, 0.15) is 0 Å². The maximum atomic E-state index is 7.09. The van der Waals surface area contributed by atoms with Crippen LogP contribution in [0.4, 0.5) is 0 Å². The van der Waals surface area contributed by atoms with E-state index in [0.29, 0.717) is 41.4 Å². The quantitative estimate of drug-likeness (QED) is 0.374. The standard InChI is InChI=1S/C25H43O2PS/c29-28-23-17-11-5-3-7-13-19(23)26-21-15-9-1-2-10-16-22(25(21)28)27-20-14-8-4-6-12-18-24(20)28/h19-25H,1-18H2. The van der Waals surface area contributed by atoms with Gasteiger partial charge in [-0.05, 0) is 44.6 Å². The molecule has 166 valence electrons. The van der Waals surface area contributed by atoms with Crippen molar-refractivity contribution in [1.29, 1.82) is 0 Å². The third kappa shape index (κ3) is 4.17. The highest BCUT2D eigenvalue weighted by Crippen LogP contribution is 2.72. The van der Waals surface area contributed by atoms with E-state index >= 15 is 0 Å². The lowest BCUT2D eigenvalue weighted by atomic mass is 9.94. The van der Waals surface area contributed by atoms with Crippen molar-refractivity contribution in [3.05, 3.63) is 0 Å². The minimum absolute atomic E-state index is 0.413. The monoisotopic (exact) mass is 438 g/mol. The van der Waals surface area contributed by atoms with Crippen molar-refractivity contribution in [2.75, 3.05) is 0 Å². The van der Waals surface area contributed by atoms with Crippen LogP contribution < -0.4 is 0 Å². The van der Waals surface area contributed by atoms with E-state index in [1.54, 1.807) is 0 Å². The topological polar surface area (TPSA) is 18.5 Å². The van der Waals surface area contributed by atoms with Crippen molar-refractivity contribution < 1.29 is 9.47 Å². The first kappa shape index (κ1) is 21.4. The lowest BCUT2D eigenvalue weighted by Gasteiger charge is -2.60. The molecule has 0 aromatic heterocycles. The van der Waals surface area contributed by atoms with Crippen LogP contribution in [-0.2, 0) is 21.3 Å². The first-order valence-corrected chi connectivity index (χ1v) is 16.2. The van der Waals surface area contributed by atoms with Gasteiger partial charge < -0.3 is 9.47 Å². The van der Waals surface area contributed by atoms with E-state index in [1.165, 1.54) is 116 Å². The third-order valence-corrected chi connectivity index (χ3v) is 16.2. The smallest absolute Gasteiger partial charge is 0.0679 e. The Morgan fingerprint density at radius 2 is 0.793 bits per heavy atom. The Kier molecular flexibility index (Phi) is 7.09. The average Bonchev–Trinajstić information content (AvgIpc) is 2.76. The summed E-state index contributed by atoms with van der Waals surface area (Å²) in [6.45, 7) is 0. The van der Waals surface area contributed by atoms with E-state index in [2.05, 4.69) is 0 Å². The molecular formula is C25H43O2PS. The van der Waals surface area contributed by atoms with Crippen molar-refractivity contribution in [2.24, 2.45) is 0 Å². The Hall–Kier alpha value is 0.570. The van der Waals surface area contributed by atoms with Crippen LogP contribution in [0.2, 0.25) is 0 Å². The van der Waals surface area contributed by atoms with Crippen molar-refractivity contribution in [2.45, 2.75) is 157 Å². The fourth-order valence-electron chi connectivity index (χ4n) is 7.68. The number of fused-ring (bicyclic) bond motifs is 4. The van der Waals surface area contributed by atoms with Crippen molar-refractivity contribution in [3.63, 3.8) is 0 Å². The molecule has 3 aliphatic carbocycles. The van der Waals surface area contributed by atoms with Crippen LogP contribution in [0.15, 0.2) is 0 Å². The SMILES string of the molecule is S=P12C3CCCCCCC3OC3CCCCCCC(OC4CCCCCCC41)C32. The van der Waals surface area contributed by atoms with Crippen LogP contribution in [0.5, 0.6) is 0 Å². The van der Waals surface area contributed by atoms with Gasteiger partial charge in [-0.3, -0.25) is 0 Å². The molecule has 0 spiro atoms. The average molecular weight is 439 g/mol. The van der Waals surface area contributed by atoms with Crippen LogP contribution >= 0.6 is 6.04 Å². The lowest BCUT2D eigenvalue weighted by Crippen LogP contribution is -2.59. The second-order valence-corrected chi connectivity index (χ2v) is 16.1. The van der Waals surface area contributed by atoms with Gasteiger partial charge in [-0.15, -0.1) is 0 Å². The molecule has 6 atom stereocenters. The summed E-state index contributed by atoms with van der Waals surface area (Å²) in [6, 6.07) is -1.54. The van der Waals surface area contributed by atoms with E-state index in [1.807, 2.05) is 0 Å². The van der Waals surface area contributed by atoms with Gasteiger partial charge in [-0.2, -0.15) is 0 Å². The fourth-order valence-corrected chi connectivity index (χ4v) is 15.4. The van der Waals surface area contributed by atoms with Gasteiger partial charge in [0.25, 0.3) is 0 Å². The van der Waals surface area contributed by atoms with E-state index in [4.69, 9.17) is 21.3 Å². The zero-order chi connectivity index (χ0) is 19.7. The molecule has 29 heavy (non-hydrogen) atoms. The Morgan fingerprint density at radius 3 is 1.21 bits per heavy atom. The highest BCUT2D eigenvalue weighted by molar-refractivity contribution is 8.15. The van der Waals surface area contributed by atoms with Gasteiger partial charge in [0, 0.05) is 17.0 Å². The predicted molar refractivity (Wildman–Crippen MR) is 126 cm³/mol. The molecule has 2 aliphatic heterocycles. The molecule has 0 aromatic carbocycles. The van der Waals surface area contributed by atoms with Crippen molar-refractivity contribution >= 4 is 17.8 Å². The van der Waals surface area contributed by atoms with E-state index in [0.717, 1.165) is 0 Å². The normalized spacial score (nSPS) is 49.3. The first-order valence-electron chi connectivity index (χ1n) is 13.2. The van der Waals surface area contributed by atoms with Gasteiger partial charge in [-0.1, -0.05) is 88.9 Å². The van der Waals surface area contributed by atoms with E-state index < -0.39 is 6.04 Å². The minimum atomic E-state index is -1.54. The number of hydrogen-bond donors (Lipinski definition) is 0. The summed E-state index contributed by atoms with van der Waals surface area (Å²) < 4.78 is 14.1. The Bertz CT molecular complexity index is 549. The summed E-state index contributed by atoms with van der Waals surface area (Å²) in [5.74, 6) is 0. The van der Waals surface area contributed by atoms with Crippen LogP contribution in [0.3, 0.4) is 0 Å². The Labute approximate surface area is 184 Å². The molecule has 4 heteroatoms. The van der Waals surface area contributed by atoms with Crippen LogP contribution in [0.25, 0.3) is 0 Å². The van der Waals surface area contributed by atoms with Gasteiger partial charge in [0.15, 0.2) is 0 Å². The summed E-state index contributed by atoms with van der Waals surface area (Å²) in [4.78, 5) is 0. The fraction of sp³-hybridized carbons (Fsp3) is 1.00. The maximum Gasteiger partial charge on any atom is 0.0679 e. The molecule has 6 unspecified atom stereocenters. The molecule has 0 radical (unpaired) electrons. The van der Waals surface area contributed by atoms with Crippen molar-refractivity contribution in [3.8, 4) is 0 Å². The zero-order valence-corrected chi connectivity index (χ0v) is 20.2. The maximum absolute atomic E-state index is 7.09. The summed E-state index contributed by atoms with van der Waals surface area (Å²) in [5.41, 5.74) is 1.99. The molecule has 5 rings (SSSR count). The molecule has 2 heterocycles. The van der Waals surface area contributed by atoms with Gasteiger partial charge in [0.05, 0.1) is 24.4 Å². The Morgan fingerprint density at radius 1 is 0.448 bits per heavy atom. The number of hydrogen-bond acceptors (Lipinski definition) is 3. The van der Waals surface area contributed by atoms with Gasteiger partial charge in [0.2, 0.25) is 0 Å². The largest absolute Gasteiger partial charge is 0.374 e. The molecule has 0 N–H and O–H groups in total. The Balaban J connectivity index is 1.56. The zero-order valence-electron chi connectivity index (χ0n) is 18.4. The molecule has 0 amide bonds. The van der Waals surface area contributed by atoms with E-state index in [9.17, 15) is 0 Å². The van der Waals surface area contributed by atoms with Crippen LogP contribution in [0.1, 0.15) is 116 Å². The highest BCUT2D eigenvalue weighted by atomic mass is 32.4. The predicted octanol–water partition coefficient (Wildman–Crippen LogP) is 7.17. The van der Waals surface area contributed by atoms with Crippen molar-refractivity contribution in [1.82, 2.24) is 0 Å². The molecule has 5 aliphatic rings. The molecule has 2 saturated heterocycles.